The molecule has 0 fully saturated rings. The molecule has 3 rings (SSSR count). The van der Waals surface area contributed by atoms with Crippen LogP contribution < -0.4 is 10.3 Å². The second kappa shape index (κ2) is 6.66. The van der Waals surface area contributed by atoms with Crippen molar-refractivity contribution in [2.24, 2.45) is 0 Å². The molecule has 0 spiro atoms. The summed E-state index contributed by atoms with van der Waals surface area (Å²) in [7, 11) is 0. The summed E-state index contributed by atoms with van der Waals surface area (Å²) in [5, 5.41) is 0.482. The topological polar surface area (TPSA) is 61.2 Å². The van der Waals surface area contributed by atoms with Crippen LogP contribution in [0.15, 0.2) is 59.7 Å². The van der Waals surface area contributed by atoms with Crippen molar-refractivity contribution in [1.82, 2.24) is 9.55 Å². The lowest BCUT2D eigenvalue weighted by Gasteiger charge is -2.13. The number of fused-ring (bicyclic) bond motifs is 1. The second-order valence-corrected chi connectivity index (χ2v) is 5.86. The van der Waals surface area contributed by atoms with Gasteiger partial charge < -0.3 is 4.74 Å². The van der Waals surface area contributed by atoms with Gasteiger partial charge in [0.15, 0.2) is 0 Å². The van der Waals surface area contributed by atoms with Crippen LogP contribution in [0.3, 0.4) is 0 Å². The minimum absolute atomic E-state index is 0.177. The highest BCUT2D eigenvalue weighted by molar-refractivity contribution is 5.78. The van der Waals surface area contributed by atoms with E-state index in [9.17, 15) is 9.59 Å². The lowest BCUT2D eigenvalue weighted by atomic mass is 10.0. The number of carbonyl (C=O) groups excluding carboxylic acids is 1. The number of aromatic nitrogens is 2. The van der Waals surface area contributed by atoms with Gasteiger partial charge in [0.2, 0.25) is 0 Å². The minimum atomic E-state index is -0.498. The van der Waals surface area contributed by atoms with E-state index in [1.807, 2.05) is 38.1 Å². The van der Waals surface area contributed by atoms with Gasteiger partial charge in [-0.2, -0.15) is 0 Å². The van der Waals surface area contributed by atoms with Gasteiger partial charge in [-0.3, -0.25) is 9.36 Å². The van der Waals surface area contributed by atoms with Crippen LogP contribution >= 0.6 is 0 Å². The van der Waals surface area contributed by atoms with Crippen molar-refractivity contribution in [2.75, 3.05) is 0 Å². The molecular weight excluding hydrogens is 304 g/mol. The average molecular weight is 322 g/mol. The fraction of sp³-hybridized carbons (Fsp3) is 0.211. The number of carbonyl (C=O) groups is 1. The molecule has 122 valence electrons. The molecule has 3 aromatic rings. The maximum Gasteiger partial charge on any atom is 0.331 e. The van der Waals surface area contributed by atoms with E-state index in [-0.39, 0.29) is 18.0 Å². The van der Waals surface area contributed by atoms with Crippen LogP contribution in [-0.2, 0) is 11.3 Å². The van der Waals surface area contributed by atoms with Gasteiger partial charge in [-0.25, -0.2) is 9.78 Å². The predicted octanol–water partition coefficient (Wildman–Crippen LogP) is 3.13. The van der Waals surface area contributed by atoms with Gasteiger partial charge in [0, 0.05) is 0 Å². The van der Waals surface area contributed by atoms with Gasteiger partial charge in [0.1, 0.15) is 12.3 Å². The van der Waals surface area contributed by atoms with Crippen LogP contribution in [0, 0.1) is 0 Å². The van der Waals surface area contributed by atoms with Gasteiger partial charge in [-0.05, 0) is 29.7 Å². The Morgan fingerprint density at radius 1 is 1.12 bits per heavy atom. The zero-order valence-corrected chi connectivity index (χ0v) is 13.6. The Morgan fingerprint density at radius 2 is 1.83 bits per heavy atom. The summed E-state index contributed by atoms with van der Waals surface area (Å²) in [5.74, 6) is 0.264. The number of rotatable bonds is 4. The van der Waals surface area contributed by atoms with Crippen molar-refractivity contribution < 1.29 is 9.53 Å². The van der Waals surface area contributed by atoms with Crippen LogP contribution in [-0.4, -0.2) is 15.5 Å². The number of nitrogens with zero attached hydrogens (tertiary/aromatic N) is 2. The summed E-state index contributed by atoms with van der Waals surface area (Å²) in [6.07, 6.45) is 1.38. The summed E-state index contributed by atoms with van der Waals surface area (Å²) in [4.78, 5) is 28.8. The van der Waals surface area contributed by atoms with Gasteiger partial charge >= 0.3 is 5.97 Å². The molecule has 0 aliphatic rings. The van der Waals surface area contributed by atoms with Crippen molar-refractivity contribution >= 4 is 16.9 Å². The van der Waals surface area contributed by atoms with Crippen LogP contribution in [0.4, 0.5) is 0 Å². The minimum Gasteiger partial charge on any atom is -0.425 e. The zero-order chi connectivity index (χ0) is 17.1. The molecule has 0 bridgehead atoms. The van der Waals surface area contributed by atoms with E-state index in [4.69, 9.17) is 4.74 Å². The number of para-hydroxylation sites is 2. The molecule has 0 N–H and O–H groups in total. The van der Waals surface area contributed by atoms with E-state index in [1.54, 1.807) is 24.3 Å². The third-order valence-corrected chi connectivity index (χ3v) is 3.80. The van der Waals surface area contributed by atoms with Crippen molar-refractivity contribution in [2.45, 2.75) is 26.3 Å². The standard InChI is InChI=1S/C19H18N2O3/c1-13(2)14-7-4-6-10-17(14)24-18(22)11-21-12-20-16-9-5-3-8-15(16)19(21)23/h3-10,12-13H,11H2,1-2H3. The molecule has 0 saturated carbocycles. The van der Waals surface area contributed by atoms with E-state index >= 15 is 0 Å². The maximum absolute atomic E-state index is 12.4. The zero-order valence-electron chi connectivity index (χ0n) is 13.6. The normalized spacial score (nSPS) is 11.0. The maximum atomic E-state index is 12.4. The van der Waals surface area contributed by atoms with Crippen molar-refractivity contribution in [3.8, 4) is 5.75 Å². The molecule has 5 heteroatoms. The van der Waals surface area contributed by atoms with Crippen molar-refractivity contribution in [1.29, 1.82) is 0 Å². The van der Waals surface area contributed by atoms with Gasteiger partial charge in [0.25, 0.3) is 5.56 Å². The van der Waals surface area contributed by atoms with E-state index in [1.165, 1.54) is 10.9 Å². The Labute approximate surface area is 139 Å². The molecule has 0 amide bonds. The smallest absolute Gasteiger partial charge is 0.331 e. The Morgan fingerprint density at radius 3 is 2.62 bits per heavy atom. The van der Waals surface area contributed by atoms with Crippen LogP contribution in [0.1, 0.15) is 25.3 Å². The van der Waals surface area contributed by atoms with E-state index in [0.717, 1.165) is 5.56 Å². The highest BCUT2D eigenvalue weighted by Gasteiger charge is 2.13. The Bertz CT molecular complexity index is 944. The number of hydrogen-bond donors (Lipinski definition) is 0. The van der Waals surface area contributed by atoms with Gasteiger partial charge in [-0.15, -0.1) is 0 Å². The van der Waals surface area contributed by atoms with Gasteiger partial charge in [-0.1, -0.05) is 44.2 Å². The molecule has 0 aliphatic heterocycles. The highest BCUT2D eigenvalue weighted by atomic mass is 16.5. The first-order chi connectivity index (χ1) is 11.6. The monoisotopic (exact) mass is 322 g/mol. The molecule has 1 aromatic heterocycles. The number of benzene rings is 2. The molecule has 0 unspecified atom stereocenters. The fourth-order valence-corrected chi connectivity index (χ4v) is 2.56. The Hall–Kier alpha value is -2.95. The quantitative estimate of drug-likeness (QED) is 0.547. The van der Waals surface area contributed by atoms with Crippen molar-refractivity contribution in [3.63, 3.8) is 0 Å². The second-order valence-electron chi connectivity index (χ2n) is 5.86. The summed E-state index contributed by atoms with van der Waals surface area (Å²) in [6, 6.07) is 14.5. The largest absolute Gasteiger partial charge is 0.425 e. The number of esters is 1. The summed E-state index contributed by atoms with van der Waals surface area (Å²) in [5.41, 5.74) is 1.31. The molecule has 0 radical (unpaired) electrons. The first-order valence-electron chi connectivity index (χ1n) is 7.80. The summed E-state index contributed by atoms with van der Waals surface area (Å²) in [6.45, 7) is 3.89. The molecule has 24 heavy (non-hydrogen) atoms. The van der Waals surface area contributed by atoms with E-state index in [2.05, 4.69) is 4.98 Å². The molecule has 5 nitrogen and oxygen atoms in total. The van der Waals surface area contributed by atoms with E-state index in [0.29, 0.717) is 16.7 Å². The third-order valence-electron chi connectivity index (χ3n) is 3.80. The Balaban J connectivity index is 1.84. The predicted molar refractivity (Wildman–Crippen MR) is 92.2 cm³/mol. The number of hydrogen-bond acceptors (Lipinski definition) is 4. The van der Waals surface area contributed by atoms with Crippen LogP contribution in [0.5, 0.6) is 5.75 Å². The fourth-order valence-electron chi connectivity index (χ4n) is 2.56. The molecule has 0 aliphatic carbocycles. The molecule has 1 heterocycles. The Kier molecular flexibility index (Phi) is 4.42. The SMILES string of the molecule is CC(C)c1ccccc1OC(=O)Cn1cnc2ccccc2c1=O. The van der Waals surface area contributed by atoms with Crippen LogP contribution in [0.2, 0.25) is 0 Å². The number of ether oxygens (including phenoxy) is 1. The lowest BCUT2D eigenvalue weighted by Crippen LogP contribution is -2.27. The summed E-state index contributed by atoms with van der Waals surface area (Å²) >= 11 is 0. The third kappa shape index (κ3) is 3.20. The van der Waals surface area contributed by atoms with Crippen LogP contribution in [0.25, 0.3) is 10.9 Å². The van der Waals surface area contributed by atoms with Crippen molar-refractivity contribution in [3.05, 3.63) is 70.8 Å². The lowest BCUT2D eigenvalue weighted by molar-refractivity contribution is -0.135. The van der Waals surface area contributed by atoms with E-state index < -0.39 is 5.97 Å². The average Bonchev–Trinajstić information content (AvgIpc) is 2.58. The molecular formula is C19H18N2O3. The molecule has 0 saturated heterocycles. The first kappa shape index (κ1) is 15.9. The summed E-state index contributed by atoms with van der Waals surface area (Å²) < 4.78 is 6.72. The molecule has 0 atom stereocenters. The molecule has 2 aromatic carbocycles. The highest BCUT2D eigenvalue weighted by Crippen LogP contribution is 2.25. The van der Waals surface area contributed by atoms with Gasteiger partial charge in [0.05, 0.1) is 17.2 Å². The first-order valence-corrected chi connectivity index (χ1v) is 7.80.